The van der Waals surface area contributed by atoms with Crippen molar-refractivity contribution in [3.05, 3.63) is 28.2 Å². The third kappa shape index (κ3) is 3.02. The van der Waals surface area contributed by atoms with E-state index in [0.717, 1.165) is 22.1 Å². The number of aliphatic hydroxyl groups is 1. The average molecular weight is 341 g/mol. The standard InChI is InChI=1S/C14H17BrN2O3/c1-2-11(8-18)16-13(19)14(20)17-6-5-9-3-4-10(15)7-12(9)17/h3-4,7,11,18H,2,5-6,8H2,1H3,(H,16,19)/t11-/m1/s1. The van der Waals surface area contributed by atoms with E-state index in [2.05, 4.69) is 21.2 Å². The molecular formula is C14H17BrN2O3. The highest BCUT2D eigenvalue weighted by Gasteiger charge is 2.30. The number of aliphatic hydroxyl groups excluding tert-OH is 1. The topological polar surface area (TPSA) is 69.6 Å². The second-order valence-electron chi connectivity index (χ2n) is 4.74. The molecule has 20 heavy (non-hydrogen) atoms. The van der Waals surface area contributed by atoms with Gasteiger partial charge >= 0.3 is 11.8 Å². The van der Waals surface area contributed by atoms with E-state index >= 15 is 0 Å². The number of amides is 2. The van der Waals surface area contributed by atoms with Gasteiger partial charge < -0.3 is 15.3 Å². The Morgan fingerprint density at radius 1 is 1.50 bits per heavy atom. The quantitative estimate of drug-likeness (QED) is 0.813. The second-order valence-corrected chi connectivity index (χ2v) is 5.66. The lowest BCUT2D eigenvalue weighted by atomic mass is 10.2. The molecule has 2 amide bonds. The van der Waals surface area contributed by atoms with Crippen molar-refractivity contribution in [1.29, 1.82) is 0 Å². The smallest absolute Gasteiger partial charge is 0.316 e. The normalized spacial score (nSPS) is 14.8. The molecule has 1 atom stereocenters. The summed E-state index contributed by atoms with van der Waals surface area (Å²) in [6, 6.07) is 5.34. The second kappa shape index (κ2) is 6.37. The molecule has 2 N–H and O–H groups in total. The Kier molecular flexibility index (Phi) is 4.77. The number of halogens is 1. The average Bonchev–Trinajstić information content (AvgIpc) is 2.86. The van der Waals surface area contributed by atoms with Crippen LogP contribution < -0.4 is 10.2 Å². The van der Waals surface area contributed by atoms with Gasteiger partial charge in [-0.1, -0.05) is 28.9 Å². The van der Waals surface area contributed by atoms with Gasteiger partial charge in [0, 0.05) is 16.7 Å². The lowest BCUT2D eigenvalue weighted by Gasteiger charge is -2.19. The Balaban J connectivity index is 2.12. The Morgan fingerprint density at radius 2 is 2.25 bits per heavy atom. The van der Waals surface area contributed by atoms with Crippen LogP contribution in [0.5, 0.6) is 0 Å². The molecular weight excluding hydrogens is 324 g/mol. The first-order valence-electron chi connectivity index (χ1n) is 6.58. The zero-order valence-electron chi connectivity index (χ0n) is 11.2. The molecule has 1 aromatic rings. The van der Waals surface area contributed by atoms with Crippen LogP contribution in [0.3, 0.4) is 0 Å². The summed E-state index contributed by atoms with van der Waals surface area (Å²) in [5.74, 6) is -1.24. The monoisotopic (exact) mass is 340 g/mol. The molecule has 0 unspecified atom stereocenters. The number of nitrogens with zero attached hydrogens (tertiary/aromatic N) is 1. The number of carbonyl (C=O) groups is 2. The summed E-state index contributed by atoms with van der Waals surface area (Å²) in [5, 5.41) is 11.6. The number of hydrogen-bond donors (Lipinski definition) is 2. The minimum absolute atomic E-state index is 0.169. The van der Waals surface area contributed by atoms with Crippen molar-refractivity contribution >= 4 is 33.4 Å². The fraction of sp³-hybridized carbons (Fsp3) is 0.429. The van der Waals surface area contributed by atoms with Gasteiger partial charge in [-0.2, -0.15) is 0 Å². The molecule has 1 aliphatic heterocycles. The SMILES string of the molecule is CC[C@H](CO)NC(=O)C(=O)N1CCc2ccc(Br)cc21. The summed E-state index contributed by atoms with van der Waals surface area (Å²) >= 11 is 3.37. The highest BCUT2D eigenvalue weighted by molar-refractivity contribution is 9.10. The summed E-state index contributed by atoms with van der Waals surface area (Å²) in [6.45, 7) is 2.18. The van der Waals surface area contributed by atoms with Crippen LogP contribution in [0, 0.1) is 0 Å². The van der Waals surface area contributed by atoms with Crippen molar-refractivity contribution in [2.24, 2.45) is 0 Å². The Labute approximate surface area is 126 Å². The molecule has 1 aromatic carbocycles. The lowest BCUT2D eigenvalue weighted by Crippen LogP contribution is -2.47. The maximum Gasteiger partial charge on any atom is 0.316 e. The maximum atomic E-state index is 12.2. The largest absolute Gasteiger partial charge is 0.394 e. The van der Waals surface area contributed by atoms with E-state index in [1.165, 1.54) is 4.90 Å². The first-order valence-corrected chi connectivity index (χ1v) is 7.37. The van der Waals surface area contributed by atoms with E-state index in [9.17, 15) is 9.59 Å². The molecule has 1 aliphatic rings. The van der Waals surface area contributed by atoms with Crippen molar-refractivity contribution in [2.75, 3.05) is 18.1 Å². The fourth-order valence-corrected chi connectivity index (χ4v) is 2.56. The number of rotatable bonds is 3. The van der Waals surface area contributed by atoms with Gasteiger partial charge in [-0.15, -0.1) is 0 Å². The number of benzene rings is 1. The third-order valence-electron chi connectivity index (χ3n) is 3.43. The summed E-state index contributed by atoms with van der Waals surface area (Å²) in [5.41, 5.74) is 1.83. The van der Waals surface area contributed by atoms with E-state index in [1.54, 1.807) is 0 Å². The first kappa shape index (κ1) is 15.0. The Hall–Kier alpha value is -1.40. The van der Waals surface area contributed by atoms with Crippen LogP contribution in [0.25, 0.3) is 0 Å². The van der Waals surface area contributed by atoms with Gasteiger partial charge in [0.1, 0.15) is 0 Å². The van der Waals surface area contributed by atoms with E-state index < -0.39 is 11.8 Å². The molecule has 0 spiro atoms. The van der Waals surface area contributed by atoms with Crippen molar-refractivity contribution < 1.29 is 14.7 Å². The third-order valence-corrected chi connectivity index (χ3v) is 3.92. The zero-order chi connectivity index (χ0) is 14.7. The van der Waals surface area contributed by atoms with Gasteiger partial charge in [-0.25, -0.2) is 0 Å². The van der Waals surface area contributed by atoms with Gasteiger partial charge in [0.05, 0.1) is 12.6 Å². The number of fused-ring (bicyclic) bond motifs is 1. The fourth-order valence-electron chi connectivity index (χ4n) is 2.21. The molecule has 1 heterocycles. The molecule has 0 aliphatic carbocycles. The van der Waals surface area contributed by atoms with E-state index in [0.29, 0.717) is 13.0 Å². The number of anilines is 1. The minimum Gasteiger partial charge on any atom is -0.394 e. The van der Waals surface area contributed by atoms with Gasteiger partial charge in [0.2, 0.25) is 0 Å². The predicted octanol–water partition coefficient (Wildman–Crippen LogP) is 1.23. The predicted molar refractivity (Wildman–Crippen MR) is 79.5 cm³/mol. The Morgan fingerprint density at radius 3 is 2.90 bits per heavy atom. The van der Waals surface area contributed by atoms with E-state index in [-0.39, 0.29) is 12.6 Å². The van der Waals surface area contributed by atoms with Crippen LogP contribution >= 0.6 is 15.9 Å². The van der Waals surface area contributed by atoms with Gasteiger partial charge in [-0.3, -0.25) is 9.59 Å². The van der Waals surface area contributed by atoms with Crippen LogP contribution in [0.1, 0.15) is 18.9 Å². The minimum atomic E-state index is -0.668. The molecule has 0 aromatic heterocycles. The van der Waals surface area contributed by atoms with Gasteiger partial charge in [0.15, 0.2) is 0 Å². The zero-order valence-corrected chi connectivity index (χ0v) is 12.8. The van der Waals surface area contributed by atoms with Crippen molar-refractivity contribution in [3.8, 4) is 0 Å². The highest BCUT2D eigenvalue weighted by atomic mass is 79.9. The Bertz CT molecular complexity index is 529. The summed E-state index contributed by atoms with van der Waals surface area (Å²) in [6.07, 6.45) is 1.33. The molecule has 0 saturated heterocycles. The number of nitrogens with one attached hydrogen (secondary N) is 1. The molecule has 0 bridgehead atoms. The molecule has 2 rings (SSSR count). The summed E-state index contributed by atoms with van der Waals surface area (Å²) < 4.78 is 0.873. The van der Waals surface area contributed by atoms with Crippen LogP contribution in [-0.4, -0.2) is 36.1 Å². The number of hydrogen-bond acceptors (Lipinski definition) is 3. The summed E-state index contributed by atoms with van der Waals surface area (Å²) in [7, 11) is 0. The van der Waals surface area contributed by atoms with Crippen LogP contribution in [0.15, 0.2) is 22.7 Å². The molecule has 5 nitrogen and oxygen atoms in total. The lowest BCUT2D eigenvalue weighted by molar-refractivity contribution is -0.138. The summed E-state index contributed by atoms with van der Waals surface area (Å²) in [4.78, 5) is 25.6. The number of carbonyl (C=O) groups excluding carboxylic acids is 2. The van der Waals surface area contributed by atoms with Gasteiger partial charge in [-0.05, 0) is 30.5 Å². The molecule has 0 radical (unpaired) electrons. The molecule has 0 fully saturated rings. The first-order chi connectivity index (χ1) is 9.56. The van der Waals surface area contributed by atoms with Crippen LogP contribution in [0.4, 0.5) is 5.69 Å². The van der Waals surface area contributed by atoms with Gasteiger partial charge in [0.25, 0.3) is 0 Å². The van der Waals surface area contributed by atoms with Crippen molar-refractivity contribution in [1.82, 2.24) is 5.32 Å². The van der Waals surface area contributed by atoms with Crippen LogP contribution in [-0.2, 0) is 16.0 Å². The molecule has 0 saturated carbocycles. The van der Waals surface area contributed by atoms with Crippen molar-refractivity contribution in [3.63, 3.8) is 0 Å². The van der Waals surface area contributed by atoms with E-state index in [4.69, 9.17) is 5.11 Å². The highest BCUT2D eigenvalue weighted by Crippen LogP contribution is 2.30. The maximum absolute atomic E-state index is 12.2. The van der Waals surface area contributed by atoms with E-state index in [1.807, 2.05) is 25.1 Å². The molecule has 108 valence electrons. The molecule has 6 heteroatoms. The van der Waals surface area contributed by atoms with Crippen LogP contribution in [0.2, 0.25) is 0 Å². The van der Waals surface area contributed by atoms with Crippen molar-refractivity contribution in [2.45, 2.75) is 25.8 Å².